The lowest BCUT2D eigenvalue weighted by Crippen LogP contribution is -2.86. The summed E-state index contributed by atoms with van der Waals surface area (Å²) in [5.74, 6) is 1.18. The molecule has 1 aliphatic heterocycles. The van der Waals surface area contributed by atoms with Crippen molar-refractivity contribution in [2.75, 3.05) is 13.1 Å². The highest BCUT2D eigenvalue weighted by Gasteiger charge is 2.55. The van der Waals surface area contributed by atoms with Crippen molar-refractivity contribution in [3.05, 3.63) is 23.8 Å². The Morgan fingerprint density at radius 2 is 2.19 bits per heavy atom. The first-order valence-corrected chi connectivity index (χ1v) is 10.9. The molecule has 26 heavy (non-hydrogen) atoms. The lowest BCUT2D eigenvalue weighted by Gasteiger charge is -2.49. The molecule has 0 amide bonds. The molecule has 1 saturated heterocycles. The van der Waals surface area contributed by atoms with Crippen LogP contribution in [-0.4, -0.2) is 25.2 Å². The number of esters is 1. The predicted octanol–water partition coefficient (Wildman–Crippen LogP) is 3.75. The Balaban J connectivity index is 1.33. The zero-order valence-electron chi connectivity index (χ0n) is 16.5. The minimum absolute atomic E-state index is 0.0704. The molecule has 0 aromatic carbocycles. The number of allylic oxidation sites excluding steroid dienone is 2. The van der Waals surface area contributed by atoms with E-state index in [2.05, 4.69) is 24.9 Å². The van der Waals surface area contributed by atoms with E-state index in [1.807, 2.05) is 0 Å². The van der Waals surface area contributed by atoms with E-state index in [4.69, 9.17) is 4.74 Å². The first kappa shape index (κ1) is 18.3. The summed E-state index contributed by atoms with van der Waals surface area (Å²) in [7, 11) is 0. The van der Waals surface area contributed by atoms with E-state index in [1.165, 1.54) is 56.9 Å². The third-order valence-electron chi connectivity index (χ3n) is 7.80. The molecule has 4 rings (SSSR count). The molecular weight excluding hydrogens is 322 g/mol. The fourth-order valence-corrected chi connectivity index (χ4v) is 6.24. The topological polar surface area (TPSA) is 42.9 Å². The molecule has 0 unspecified atom stereocenters. The Kier molecular flexibility index (Phi) is 5.27. The first-order chi connectivity index (χ1) is 12.6. The molecule has 3 aliphatic carbocycles. The summed E-state index contributed by atoms with van der Waals surface area (Å²) in [6.45, 7) is 8.81. The van der Waals surface area contributed by atoms with Crippen molar-refractivity contribution in [1.82, 2.24) is 0 Å². The number of fused-ring (bicyclic) bond motifs is 2. The van der Waals surface area contributed by atoms with Gasteiger partial charge in [0.1, 0.15) is 12.0 Å². The molecule has 2 N–H and O–H groups in total. The molecule has 5 atom stereocenters. The maximum absolute atomic E-state index is 12.6. The van der Waals surface area contributed by atoms with Gasteiger partial charge in [0, 0.05) is 12.3 Å². The van der Waals surface area contributed by atoms with Gasteiger partial charge in [0.2, 0.25) is 0 Å². The van der Waals surface area contributed by atoms with E-state index in [1.54, 1.807) is 5.57 Å². The van der Waals surface area contributed by atoms with Gasteiger partial charge in [-0.15, -0.1) is 0 Å². The molecule has 1 heterocycles. The van der Waals surface area contributed by atoms with E-state index in [0.717, 1.165) is 25.9 Å². The normalized spacial score (nSPS) is 39.8. The van der Waals surface area contributed by atoms with Crippen LogP contribution in [0.1, 0.15) is 71.1 Å². The minimum Gasteiger partial charge on any atom is -0.462 e. The van der Waals surface area contributed by atoms with E-state index >= 15 is 0 Å². The third kappa shape index (κ3) is 3.52. The number of nitrogens with two attached hydrogens (primary N) is 1. The van der Waals surface area contributed by atoms with Gasteiger partial charge in [0.25, 0.3) is 0 Å². The molecule has 0 aromatic rings. The number of hydrogen-bond acceptors (Lipinski definition) is 2. The van der Waals surface area contributed by atoms with Crippen LogP contribution in [0.15, 0.2) is 23.8 Å². The fraction of sp³-hybridized carbons (Fsp3) is 0.783. The second-order valence-electron chi connectivity index (χ2n) is 9.58. The molecule has 2 saturated carbocycles. The number of hydrogen-bond donors (Lipinski definition) is 1. The zero-order valence-corrected chi connectivity index (χ0v) is 16.5. The van der Waals surface area contributed by atoms with Gasteiger partial charge in [-0.2, -0.15) is 0 Å². The summed E-state index contributed by atoms with van der Waals surface area (Å²) in [5, 5.41) is 2.37. The molecule has 0 aromatic heterocycles. The Bertz CT molecular complexity index is 595. The van der Waals surface area contributed by atoms with E-state index in [9.17, 15) is 4.79 Å². The second kappa shape index (κ2) is 7.50. The van der Waals surface area contributed by atoms with Gasteiger partial charge in [-0.25, -0.2) is 0 Å². The van der Waals surface area contributed by atoms with Crippen LogP contribution in [0.5, 0.6) is 0 Å². The van der Waals surface area contributed by atoms with Crippen LogP contribution in [0.25, 0.3) is 0 Å². The predicted molar refractivity (Wildman–Crippen MR) is 104 cm³/mol. The maximum Gasteiger partial charge on any atom is 0.315 e. The van der Waals surface area contributed by atoms with E-state index < -0.39 is 0 Å². The van der Waals surface area contributed by atoms with Crippen LogP contribution in [-0.2, 0) is 9.53 Å². The molecule has 4 aliphatic rings. The SMILES string of the molecule is C=C1CCC[C@]2(C)C[C@H]3OC(=O)[C@H](C[NH2+]CCC4=CCCCC4)[C@H]3C[C@@H]12. The van der Waals surface area contributed by atoms with E-state index in [0.29, 0.717) is 17.3 Å². The van der Waals surface area contributed by atoms with Crippen LogP contribution < -0.4 is 5.32 Å². The van der Waals surface area contributed by atoms with Crippen molar-refractivity contribution in [2.45, 2.75) is 77.2 Å². The smallest absolute Gasteiger partial charge is 0.315 e. The summed E-state index contributed by atoms with van der Waals surface area (Å²) in [6.07, 6.45) is 14.9. The Labute approximate surface area is 158 Å². The Morgan fingerprint density at radius 3 is 3.00 bits per heavy atom. The zero-order chi connectivity index (χ0) is 18.1. The Hall–Kier alpha value is -1.09. The van der Waals surface area contributed by atoms with Crippen LogP contribution in [0, 0.1) is 23.2 Å². The summed E-state index contributed by atoms with van der Waals surface area (Å²) in [5.41, 5.74) is 3.37. The number of carbonyl (C=O) groups excluding carboxylic acids is 1. The lowest BCUT2D eigenvalue weighted by atomic mass is 9.55. The van der Waals surface area contributed by atoms with Gasteiger partial charge >= 0.3 is 5.97 Å². The van der Waals surface area contributed by atoms with Crippen LogP contribution >= 0.6 is 0 Å². The maximum atomic E-state index is 12.6. The average Bonchev–Trinajstić information content (AvgIpc) is 2.92. The quantitative estimate of drug-likeness (QED) is 0.462. The summed E-state index contributed by atoms with van der Waals surface area (Å²) >= 11 is 0. The largest absolute Gasteiger partial charge is 0.462 e. The molecule has 0 bridgehead atoms. The van der Waals surface area contributed by atoms with Crippen molar-refractivity contribution >= 4 is 5.97 Å². The van der Waals surface area contributed by atoms with Gasteiger partial charge in [-0.05, 0) is 69.1 Å². The van der Waals surface area contributed by atoms with Crippen LogP contribution in [0.4, 0.5) is 0 Å². The molecule has 3 heteroatoms. The number of quaternary nitrogens is 1. The number of rotatable bonds is 5. The second-order valence-corrected chi connectivity index (χ2v) is 9.58. The molecular formula is C23H36NO2+. The van der Waals surface area contributed by atoms with Gasteiger partial charge in [-0.1, -0.05) is 30.7 Å². The first-order valence-electron chi connectivity index (χ1n) is 10.9. The number of ether oxygens (including phenoxy) is 1. The molecule has 0 radical (unpaired) electrons. The minimum atomic E-state index is 0.0704. The van der Waals surface area contributed by atoms with Gasteiger partial charge < -0.3 is 10.1 Å². The van der Waals surface area contributed by atoms with Crippen molar-refractivity contribution in [3.8, 4) is 0 Å². The highest BCUT2D eigenvalue weighted by Crippen LogP contribution is 2.56. The monoisotopic (exact) mass is 358 g/mol. The molecule has 3 fully saturated rings. The summed E-state index contributed by atoms with van der Waals surface area (Å²) in [4.78, 5) is 12.6. The standard InChI is InChI=1S/C23H35NO2/c1-16-7-6-11-23(2)14-21-18(13-20(16)23)19(22(25)26-21)15-24-12-10-17-8-4-3-5-9-17/h8,18-21,24H,1,3-7,9-15H2,2H3/p+1/t18-,19-,20+,21-,23-/m1/s1. The highest BCUT2D eigenvalue weighted by molar-refractivity contribution is 5.75. The van der Waals surface area contributed by atoms with Crippen molar-refractivity contribution < 1.29 is 14.8 Å². The molecule has 0 spiro atoms. The fourth-order valence-electron chi connectivity index (χ4n) is 6.24. The summed E-state index contributed by atoms with van der Waals surface area (Å²) in [6, 6.07) is 0. The van der Waals surface area contributed by atoms with Crippen LogP contribution in [0.2, 0.25) is 0 Å². The van der Waals surface area contributed by atoms with Crippen LogP contribution in [0.3, 0.4) is 0 Å². The number of carbonyl (C=O) groups is 1. The molecule has 3 nitrogen and oxygen atoms in total. The van der Waals surface area contributed by atoms with Crippen molar-refractivity contribution in [2.24, 2.45) is 23.2 Å². The van der Waals surface area contributed by atoms with Crippen molar-refractivity contribution in [3.63, 3.8) is 0 Å². The molecule has 144 valence electrons. The highest BCUT2D eigenvalue weighted by atomic mass is 16.6. The van der Waals surface area contributed by atoms with Gasteiger partial charge in [0.05, 0.1) is 13.1 Å². The van der Waals surface area contributed by atoms with Crippen molar-refractivity contribution in [1.29, 1.82) is 0 Å². The summed E-state index contributed by atoms with van der Waals surface area (Å²) < 4.78 is 5.87. The van der Waals surface area contributed by atoms with Gasteiger partial charge in [-0.3, -0.25) is 4.79 Å². The average molecular weight is 359 g/mol. The Morgan fingerprint density at radius 1 is 1.31 bits per heavy atom. The van der Waals surface area contributed by atoms with Gasteiger partial charge in [0.15, 0.2) is 0 Å². The third-order valence-corrected chi connectivity index (χ3v) is 7.80. The lowest BCUT2D eigenvalue weighted by molar-refractivity contribution is -0.658. The van der Waals surface area contributed by atoms with E-state index in [-0.39, 0.29) is 18.0 Å².